The monoisotopic (exact) mass is 186 g/mol. The van der Waals surface area contributed by atoms with E-state index in [1.54, 1.807) is 12.4 Å². The van der Waals surface area contributed by atoms with Crippen molar-refractivity contribution in [3.05, 3.63) is 36.2 Å². The lowest BCUT2D eigenvalue weighted by atomic mass is 10.0. The van der Waals surface area contributed by atoms with Crippen LogP contribution in [-0.4, -0.2) is 15.3 Å². The molecule has 1 fully saturated rings. The standard InChI is InChI=1S/C11H10N2O/c14-11(3-4-11)10-2-1-8-6-12-13-7-9(8)5-10/h1-2,5-7,14H,3-4H2. The first kappa shape index (κ1) is 7.88. The zero-order chi connectivity index (χ0) is 9.60. The quantitative estimate of drug-likeness (QED) is 0.736. The number of aromatic nitrogens is 2. The van der Waals surface area contributed by atoms with Gasteiger partial charge in [-0.15, -0.1) is 0 Å². The van der Waals surface area contributed by atoms with Crippen molar-refractivity contribution in [3.8, 4) is 0 Å². The minimum atomic E-state index is -0.558. The van der Waals surface area contributed by atoms with Crippen molar-refractivity contribution in [1.29, 1.82) is 0 Å². The molecule has 0 bridgehead atoms. The molecular weight excluding hydrogens is 176 g/mol. The van der Waals surface area contributed by atoms with Gasteiger partial charge in [0.25, 0.3) is 0 Å². The third kappa shape index (κ3) is 1.09. The molecule has 1 heterocycles. The van der Waals surface area contributed by atoms with E-state index >= 15 is 0 Å². The van der Waals surface area contributed by atoms with Gasteiger partial charge in [-0.2, -0.15) is 10.2 Å². The summed E-state index contributed by atoms with van der Waals surface area (Å²) in [5.74, 6) is 0. The highest BCUT2D eigenvalue weighted by atomic mass is 16.3. The molecule has 0 spiro atoms. The van der Waals surface area contributed by atoms with Crippen LogP contribution in [0.2, 0.25) is 0 Å². The van der Waals surface area contributed by atoms with E-state index in [0.717, 1.165) is 29.2 Å². The summed E-state index contributed by atoms with van der Waals surface area (Å²) in [5.41, 5.74) is 0.440. The SMILES string of the molecule is OC1(c2ccc3cnncc3c2)CC1. The number of fused-ring (bicyclic) bond motifs is 1. The van der Waals surface area contributed by atoms with Crippen molar-refractivity contribution in [2.24, 2.45) is 0 Å². The van der Waals surface area contributed by atoms with E-state index in [1.165, 1.54) is 0 Å². The van der Waals surface area contributed by atoms with Crippen LogP contribution in [0.3, 0.4) is 0 Å². The summed E-state index contributed by atoms with van der Waals surface area (Å²) in [5, 5.41) is 19.7. The zero-order valence-electron chi connectivity index (χ0n) is 7.64. The van der Waals surface area contributed by atoms with E-state index in [4.69, 9.17) is 0 Å². The third-order valence-corrected chi connectivity index (χ3v) is 2.81. The molecule has 3 nitrogen and oxygen atoms in total. The number of benzene rings is 1. The summed E-state index contributed by atoms with van der Waals surface area (Å²) >= 11 is 0. The summed E-state index contributed by atoms with van der Waals surface area (Å²) in [4.78, 5) is 0. The summed E-state index contributed by atoms with van der Waals surface area (Å²) in [6.45, 7) is 0. The summed E-state index contributed by atoms with van der Waals surface area (Å²) in [7, 11) is 0. The predicted octanol–water partition coefficient (Wildman–Crippen LogP) is 1.61. The van der Waals surface area contributed by atoms with Crippen molar-refractivity contribution in [1.82, 2.24) is 10.2 Å². The molecule has 1 aliphatic rings. The highest BCUT2D eigenvalue weighted by Gasteiger charge is 2.41. The van der Waals surface area contributed by atoms with Crippen molar-refractivity contribution < 1.29 is 5.11 Å². The smallest absolute Gasteiger partial charge is 0.0899 e. The number of aliphatic hydroxyl groups is 1. The molecule has 1 aromatic heterocycles. The van der Waals surface area contributed by atoms with Gasteiger partial charge >= 0.3 is 0 Å². The van der Waals surface area contributed by atoms with Crippen LogP contribution in [0.15, 0.2) is 30.6 Å². The molecule has 1 aromatic carbocycles. The molecule has 2 aromatic rings. The topological polar surface area (TPSA) is 46.0 Å². The van der Waals surface area contributed by atoms with Gasteiger partial charge in [-0.05, 0) is 24.5 Å². The van der Waals surface area contributed by atoms with E-state index in [0.29, 0.717) is 0 Å². The maximum absolute atomic E-state index is 9.92. The highest BCUT2D eigenvalue weighted by Crippen LogP contribution is 2.45. The highest BCUT2D eigenvalue weighted by molar-refractivity contribution is 5.81. The summed E-state index contributed by atoms with van der Waals surface area (Å²) < 4.78 is 0. The van der Waals surface area contributed by atoms with Crippen LogP contribution in [0, 0.1) is 0 Å². The molecule has 70 valence electrons. The molecule has 3 rings (SSSR count). The molecule has 0 amide bonds. The molecule has 0 unspecified atom stereocenters. The Morgan fingerprint density at radius 1 is 1.07 bits per heavy atom. The zero-order valence-corrected chi connectivity index (χ0v) is 7.64. The fraction of sp³-hybridized carbons (Fsp3) is 0.273. The lowest BCUT2D eigenvalue weighted by Gasteiger charge is -2.08. The van der Waals surface area contributed by atoms with Gasteiger partial charge in [0, 0.05) is 10.8 Å². The van der Waals surface area contributed by atoms with Crippen LogP contribution in [0.25, 0.3) is 10.8 Å². The second-order valence-corrected chi connectivity index (χ2v) is 3.86. The van der Waals surface area contributed by atoms with Crippen LogP contribution >= 0.6 is 0 Å². The lowest BCUT2D eigenvalue weighted by molar-refractivity contribution is 0.151. The van der Waals surface area contributed by atoms with Gasteiger partial charge in [0.15, 0.2) is 0 Å². The number of hydrogen-bond donors (Lipinski definition) is 1. The fourth-order valence-electron chi connectivity index (χ4n) is 1.69. The predicted molar refractivity (Wildman–Crippen MR) is 52.7 cm³/mol. The maximum atomic E-state index is 9.92. The van der Waals surface area contributed by atoms with Crippen LogP contribution in [0.1, 0.15) is 18.4 Å². The maximum Gasteiger partial charge on any atom is 0.0899 e. The second kappa shape index (κ2) is 2.51. The van der Waals surface area contributed by atoms with Crippen LogP contribution < -0.4 is 0 Å². The Bertz CT molecular complexity index is 491. The minimum absolute atomic E-state index is 0.558. The Hall–Kier alpha value is -1.48. The summed E-state index contributed by atoms with van der Waals surface area (Å²) in [6, 6.07) is 5.95. The Balaban J connectivity index is 2.20. The molecule has 3 heteroatoms. The van der Waals surface area contributed by atoms with E-state index in [-0.39, 0.29) is 0 Å². The van der Waals surface area contributed by atoms with Gasteiger partial charge < -0.3 is 5.11 Å². The first-order valence-corrected chi connectivity index (χ1v) is 4.71. The van der Waals surface area contributed by atoms with E-state index in [2.05, 4.69) is 10.2 Å². The van der Waals surface area contributed by atoms with E-state index < -0.39 is 5.60 Å². The average molecular weight is 186 g/mol. The first-order chi connectivity index (χ1) is 6.78. The number of hydrogen-bond acceptors (Lipinski definition) is 3. The van der Waals surface area contributed by atoms with Gasteiger partial charge in [-0.1, -0.05) is 12.1 Å². The Kier molecular flexibility index (Phi) is 1.42. The van der Waals surface area contributed by atoms with Gasteiger partial charge in [-0.25, -0.2) is 0 Å². The molecule has 14 heavy (non-hydrogen) atoms. The van der Waals surface area contributed by atoms with Crippen molar-refractivity contribution in [3.63, 3.8) is 0 Å². The molecule has 1 aliphatic carbocycles. The summed E-state index contributed by atoms with van der Waals surface area (Å²) in [6.07, 6.45) is 5.20. The lowest BCUT2D eigenvalue weighted by Crippen LogP contribution is -2.03. The molecular formula is C11H10N2O. The second-order valence-electron chi connectivity index (χ2n) is 3.86. The van der Waals surface area contributed by atoms with Crippen molar-refractivity contribution in [2.45, 2.75) is 18.4 Å². The molecule has 0 radical (unpaired) electrons. The molecule has 1 saturated carbocycles. The third-order valence-electron chi connectivity index (χ3n) is 2.81. The van der Waals surface area contributed by atoms with Crippen LogP contribution in [-0.2, 0) is 5.60 Å². The Morgan fingerprint density at radius 3 is 2.50 bits per heavy atom. The Morgan fingerprint density at radius 2 is 1.79 bits per heavy atom. The van der Waals surface area contributed by atoms with E-state index in [9.17, 15) is 5.11 Å². The molecule has 1 N–H and O–H groups in total. The molecule has 0 aliphatic heterocycles. The van der Waals surface area contributed by atoms with Crippen LogP contribution in [0.4, 0.5) is 0 Å². The van der Waals surface area contributed by atoms with Crippen molar-refractivity contribution in [2.75, 3.05) is 0 Å². The number of rotatable bonds is 1. The average Bonchev–Trinajstić information content (AvgIpc) is 2.97. The normalized spacial score (nSPS) is 18.4. The minimum Gasteiger partial charge on any atom is -0.385 e. The fourth-order valence-corrected chi connectivity index (χ4v) is 1.69. The Labute approximate surface area is 81.4 Å². The first-order valence-electron chi connectivity index (χ1n) is 4.71. The molecule has 0 atom stereocenters. The van der Waals surface area contributed by atoms with E-state index in [1.807, 2.05) is 18.2 Å². The molecule has 0 saturated heterocycles. The largest absolute Gasteiger partial charge is 0.385 e. The van der Waals surface area contributed by atoms with Crippen molar-refractivity contribution >= 4 is 10.8 Å². The number of nitrogens with zero attached hydrogens (tertiary/aromatic N) is 2. The van der Waals surface area contributed by atoms with Gasteiger partial charge in [-0.3, -0.25) is 0 Å². The van der Waals surface area contributed by atoms with Gasteiger partial charge in [0.2, 0.25) is 0 Å². The van der Waals surface area contributed by atoms with Gasteiger partial charge in [0.1, 0.15) is 0 Å². The van der Waals surface area contributed by atoms with Gasteiger partial charge in [0.05, 0.1) is 18.0 Å². The van der Waals surface area contributed by atoms with Crippen LogP contribution in [0.5, 0.6) is 0 Å².